The van der Waals surface area contributed by atoms with Crippen LogP contribution in [0.15, 0.2) is 35.0 Å². The molecule has 1 aromatic heterocycles. The Labute approximate surface area is 87.5 Å². The molecule has 0 saturated carbocycles. The zero-order valence-electron chi connectivity index (χ0n) is 7.83. The van der Waals surface area contributed by atoms with Crippen LogP contribution in [0.2, 0.25) is 5.22 Å². The van der Waals surface area contributed by atoms with Crippen molar-refractivity contribution >= 4 is 11.6 Å². The van der Waals surface area contributed by atoms with Gasteiger partial charge in [0.2, 0.25) is 5.22 Å². The summed E-state index contributed by atoms with van der Waals surface area (Å²) in [6, 6.07) is 8.11. The van der Waals surface area contributed by atoms with Gasteiger partial charge in [-0.25, -0.2) is 0 Å². The van der Waals surface area contributed by atoms with Crippen molar-refractivity contribution in [2.45, 2.75) is 13.3 Å². The molecule has 0 bridgehead atoms. The molecule has 72 valence electrons. The molecule has 1 heterocycles. The van der Waals surface area contributed by atoms with Crippen molar-refractivity contribution in [2.75, 3.05) is 0 Å². The third-order valence-corrected chi connectivity index (χ3v) is 2.49. The van der Waals surface area contributed by atoms with Crippen molar-refractivity contribution in [1.82, 2.24) is 5.16 Å². The molecule has 0 aliphatic carbocycles. The molecule has 0 saturated heterocycles. The fraction of sp³-hybridized carbons (Fsp3) is 0.182. The number of rotatable bonds is 2. The molecule has 0 aliphatic rings. The predicted octanol–water partition coefficient (Wildman–Crippen LogP) is 3.56. The quantitative estimate of drug-likeness (QED) is 0.753. The van der Waals surface area contributed by atoms with E-state index in [-0.39, 0.29) is 0 Å². The van der Waals surface area contributed by atoms with Crippen LogP contribution in [-0.2, 0) is 6.42 Å². The van der Waals surface area contributed by atoms with Crippen molar-refractivity contribution in [1.29, 1.82) is 0 Å². The average molecular weight is 208 g/mol. The Morgan fingerprint density at radius 1 is 1.29 bits per heavy atom. The smallest absolute Gasteiger partial charge is 0.233 e. The minimum atomic E-state index is 0.353. The van der Waals surface area contributed by atoms with Gasteiger partial charge in [0.1, 0.15) is 0 Å². The second-order valence-corrected chi connectivity index (χ2v) is 3.37. The molecule has 0 aliphatic heterocycles. The van der Waals surface area contributed by atoms with E-state index in [1.54, 1.807) is 6.20 Å². The highest BCUT2D eigenvalue weighted by molar-refractivity contribution is 6.31. The average Bonchev–Trinajstić information content (AvgIpc) is 2.64. The Balaban J connectivity index is 2.56. The van der Waals surface area contributed by atoms with Gasteiger partial charge in [0, 0.05) is 0 Å². The molecule has 14 heavy (non-hydrogen) atoms. The van der Waals surface area contributed by atoms with Gasteiger partial charge in [0.15, 0.2) is 0 Å². The first-order valence-corrected chi connectivity index (χ1v) is 4.89. The van der Waals surface area contributed by atoms with Crippen LogP contribution in [0.3, 0.4) is 0 Å². The maximum absolute atomic E-state index is 5.87. The van der Waals surface area contributed by atoms with Crippen molar-refractivity contribution in [3.05, 3.63) is 41.2 Å². The lowest BCUT2D eigenvalue weighted by Crippen LogP contribution is -1.85. The summed E-state index contributed by atoms with van der Waals surface area (Å²) < 4.78 is 4.83. The second kappa shape index (κ2) is 3.84. The van der Waals surface area contributed by atoms with E-state index in [9.17, 15) is 0 Å². The zero-order chi connectivity index (χ0) is 9.97. The highest BCUT2D eigenvalue weighted by atomic mass is 35.5. The Bertz CT molecular complexity index is 436. The summed E-state index contributed by atoms with van der Waals surface area (Å²) in [6.45, 7) is 2.11. The number of aromatic nitrogens is 1. The monoisotopic (exact) mass is 207 g/mol. The summed E-state index contributed by atoms with van der Waals surface area (Å²) in [5.41, 5.74) is 3.21. The standard InChI is InChI=1S/C11H10ClNO/c1-2-8-5-3-4-6-9(8)10-7-13-14-11(10)12/h3-7H,2H2,1H3. The summed E-state index contributed by atoms with van der Waals surface area (Å²) in [6.07, 6.45) is 2.62. The third kappa shape index (κ3) is 1.53. The Morgan fingerprint density at radius 2 is 2.07 bits per heavy atom. The summed E-state index contributed by atoms with van der Waals surface area (Å²) >= 11 is 5.87. The van der Waals surface area contributed by atoms with E-state index in [0.29, 0.717) is 5.22 Å². The van der Waals surface area contributed by atoms with E-state index in [1.165, 1.54) is 5.56 Å². The van der Waals surface area contributed by atoms with Gasteiger partial charge in [-0.05, 0) is 29.1 Å². The Kier molecular flexibility index (Phi) is 2.55. The SMILES string of the molecule is CCc1ccccc1-c1cnoc1Cl. The van der Waals surface area contributed by atoms with Crippen LogP contribution in [0.4, 0.5) is 0 Å². The van der Waals surface area contributed by atoms with Crippen LogP contribution in [0, 0.1) is 0 Å². The van der Waals surface area contributed by atoms with Gasteiger partial charge in [-0.2, -0.15) is 0 Å². The fourth-order valence-corrected chi connectivity index (χ4v) is 1.68. The van der Waals surface area contributed by atoms with Gasteiger partial charge in [0.25, 0.3) is 0 Å². The fourth-order valence-electron chi connectivity index (χ4n) is 1.49. The van der Waals surface area contributed by atoms with Gasteiger partial charge >= 0.3 is 0 Å². The predicted molar refractivity (Wildman–Crippen MR) is 56.3 cm³/mol. The van der Waals surface area contributed by atoms with Crippen LogP contribution in [-0.4, -0.2) is 5.16 Å². The Morgan fingerprint density at radius 3 is 2.71 bits per heavy atom. The number of aryl methyl sites for hydroxylation is 1. The molecule has 0 unspecified atom stereocenters. The van der Waals surface area contributed by atoms with Crippen LogP contribution >= 0.6 is 11.6 Å². The Hall–Kier alpha value is -1.28. The molecule has 2 aromatic rings. The lowest BCUT2D eigenvalue weighted by molar-refractivity contribution is 0.422. The zero-order valence-corrected chi connectivity index (χ0v) is 8.58. The van der Waals surface area contributed by atoms with Crippen LogP contribution < -0.4 is 0 Å². The molecule has 0 spiro atoms. The number of hydrogen-bond acceptors (Lipinski definition) is 2. The number of halogens is 1. The first-order chi connectivity index (χ1) is 6.83. The third-order valence-electron chi connectivity index (χ3n) is 2.21. The molecule has 0 atom stereocenters. The maximum atomic E-state index is 5.87. The van der Waals surface area contributed by atoms with Crippen LogP contribution in [0.25, 0.3) is 11.1 Å². The minimum absolute atomic E-state index is 0.353. The molecule has 1 aromatic carbocycles. The minimum Gasteiger partial charge on any atom is -0.344 e. The molecule has 0 N–H and O–H groups in total. The largest absolute Gasteiger partial charge is 0.344 e. The normalized spacial score (nSPS) is 10.4. The molecular formula is C11H10ClNO. The van der Waals surface area contributed by atoms with Gasteiger partial charge in [-0.3, -0.25) is 0 Å². The van der Waals surface area contributed by atoms with E-state index in [4.69, 9.17) is 16.1 Å². The highest BCUT2D eigenvalue weighted by Gasteiger charge is 2.10. The number of hydrogen-bond donors (Lipinski definition) is 0. The summed E-state index contributed by atoms with van der Waals surface area (Å²) in [7, 11) is 0. The van der Waals surface area contributed by atoms with Crippen molar-refractivity contribution in [2.24, 2.45) is 0 Å². The lowest BCUT2D eigenvalue weighted by atomic mass is 10.0. The van der Waals surface area contributed by atoms with E-state index in [0.717, 1.165) is 17.5 Å². The highest BCUT2D eigenvalue weighted by Crippen LogP contribution is 2.30. The van der Waals surface area contributed by atoms with Gasteiger partial charge in [0.05, 0.1) is 11.8 Å². The number of benzene rings is 1. The van der Waals surface area contributed by atoms with Crippen molar-refractivity contribution in [3.63, 3.8) is 0 Å². The molecule has 2 nitrogen and oxygen atoms in total. The molecule has 2 rings (SSSR count). The molecule has 0 amide bonds. The van der Waals surface area contributed by atoms with Gasteiger partial charge in [-0.1, -0.05) is 36.3 Å². The van der Waals surface area contributed by atoms with Crippen molar-refractivity contribution in [3.8, 4) is 11.1 Å². The van der Waals surface area contributed by atoms with Gasteiger partial charge in [-0.15, -0.1) is 0 Å². The maximum Gasteiger partial charge on any atom is 0.233 e. The summed E-state index contributed by atoms with van der Waals surface area (Å²) in [4.78, 5) is 0. The summed E-state index contributed by atoms with van der Waals surface area (Å²) in [5.74, 6) is 0. The van der Waals surface area contributed by atoms with Crippen LogP contribution in [0.5, 0.6) is 0 Å². The molecular weight excluding hydrogens is 198 g/mol. The molecule has 0 radical (unpaired) electrons. The first kappa shape index (κ1) is 9.28. The van der Waals surface area contributed by atoms with E-state index in [2.05, 4.69) is 18.1 Å². The molecule has 3 heteroatoms. The van der Waals surface area contributed by atoms with Crippen LogP contribution in [0.1, 0.15) is 12.5 Å². The summed E-state index contributed by atoms with van der Waals surface area (Å²) in [5, 5.41) is 4.02. The van der Waals surface area contributed by atoms with Crippen molar-refractivity contribution < 1.29 is 4.52 Å². The first-order valence-electron chi connectivity index (χ1n) is 4.51. The number of nitrogens with zero attached hydrogens (tertiary/aromatic N) is 1. The second-order valence-electron chi connectivity index (χ2n) is 3.02. The van der Waals surface area contributed by atoms with Gasteiger partial charge < -0.3 is 4.52 Å². The van der Waals surface area contributed by atoms with E-state index < -0.39 is 0 Å². The lowest BCUT2D eigenvalue weighted by Gasteiger charge is -2.04. The molecule has 0 fully saturated rings. The topological polar surface area (TPSA) is 26.0 Å². The van der Waals surface area contributed by atoms with E-state index >= 15 is 0 Å². The van der Waals surface area contributed by atoms with E-state index in [1.807, 2.05) is 18.2 Å².